The van der Waals surface area contributed by atoms with Crippen LogP contribution in [0.4, 0.5) is 11.5 Å². The number of halogens is 1. The van der Waals surface area contributed by atoms with Crippen LogP contribution in [0.1, 0.15) is 23.2 Å². The lowest BCUT2D eigenvalue weighted by atomic mass is 9.98. The number of carbonyl (C=O) groups excluding carboxylic acids is 1. The molecule has 1 aromatic carbocycles. The number of carbonyl (C=O) groups is 1. The van der Waals surface area contributed by atoms with Crippen molar-refractivity contribution in [3.63, 3.8) is 0 Å². The highest BCUT2D eigenvalue weighted by atomic mass is 127. The number of aliphatic hydroxyl groups is 1. The van der Waals surface area contributed by atoms with Crippen molar-refractivity contribution in [2.45, 2.75) is 12.8 Å². The fourth-order valence-electron chi connectivity index (χ4n) is 2.87. The van der Waals surface area contributed by atoms with E-state index in [-0.39, 0.29) is 12.5 Å². The predicted octanol–water partition coefficient (Wildman–Crippen LogP) is 3.15. The van der Waals surface area contributed by atoms with Gasteiger partial charge in [0, 0.05) is 35.0 Å². The largest absolute Gasteiger partial charge is 0.396 e. The van der Waals surface area contributed by atoms with Gasteiger partial charge in [0.2, 0.25) is 0 Å². The molecule has 0 bridgehead atoms. The lowest BCUT2D eigenvalue weighted by Gasteiger charge is -2.33. The number of nitrogens with zero attached hydrogens (tertiary/aromatic N) is 2. The fraction of sp³-hybridized carbons (Fsp3) is 0.333. The zero-order chi connectivity index (χ0) is 16.9. The van der Waals surface area contributed by atoms with Gasteiger partial charge in [-0.1, -0.05) is 0 Å². The number of anilines is 2. The molecule has 2 heterocycles. The highest BCUT2D eigenvalue weighted by Gasteiger charge is 2.22. The van der Waals surface area contributed by atoms with Gasteiger partial charge >= 0.3 is 0 Å². The summed E-state index contributed by atoms with van der Waals surface area (Å²) in [6.45, 7) is 1.93. The zero-order valence-corrected chi connectivity index (χ0v) is 15.4. The molecule has 1 aliphatic rings. The third kappa shape index (κ3) is 4.05. The van der Waals surface area contributed by atoms with Gasteiger partial charge in [-0.15, -0.1) is 0 Å². The van der Waals surface area contributed by atoms with E-state index in [4.69, 9.17) is 0 Å². The summed E-state index contributed by atoms with van der Waals surface area (Å²) in [6.07, 6.45) is 3.63. The third-order valence-corrected chi connectivity index (χ3v) is 5.03. The summed E-state index contributed by atoms with van der Waals surface area (Å²) in [4.78, 5) is 19.1. The molecule has 1 aliphatic heterocycles. The van der Waals surface area contributed by atoms with Crippen molar-refractivity contribution in [3.8, 4) is 0 Å². The van der Waals surface area contributed by atoms with Gasteiger partial charge in [-0.2, -0.15) is 0 Å². The summed E-state index contributed by atoms with van der Waals surface area (Å²) in [5.74, 6) is 1.04. The van der Waals surface area contributed by atoms with Crippen LogP contribution >= 0.6 is 22.6 Å². The van der Waals surface area contributed by atoms with E-state index in [1.165, 1.54) is 0 Å². The summed E-state index contributed by atoms with van der Waals surface area (Å²) in [5, 5.41) is 12.2. The molecule has 1 saturated heterocycles. The topological polar surface area (TPSA) is 65.5 Å². The molecule has 0 unspecified atom stereocenters. The molecule has 2 N–H and O–H groups in total. The first-order valence-corrected chi connectivity index (χ1v) is 9.13. The summed E-state index contributed by atoms with van der Waals surface area (Å²) < 4.78 is 1.10. The van der Waals surface area contributed by atoms with Gasteiger partial charge in [-0.05, 0) is 77.7 Å². The van der Waals surface area contributed by atoms with E-state index in [1.54, 1.807) is 6.20 Å². The molecule has 2 aromatic rings. The quantitative estimate of drug-likeness (QED) is 0.722. The molecule has 1 fully saturated rings. The Hall–Kier alpha value is -1.67. The number of hydrogen-bond donors (Lipinski definition) is 2. The molecular formula is C18H20IN3O2. The number of rotatable bonds is 4. The Morgan fingerprint density at radius 3 is 2.62 bits per heavy atom. The predicted molar refractivity (Wildman–Crippen MR) is 103 cm³/mol. The van der Waals surface area contributed by atoms with Crippen molar-refractivity contribution in [1.82, 2.24) is 4.98 Å². The summed E-state index contributed by atoms with van der Waals surface area (Å²) in [5.41, 5.74) is 1.35. The first-order valence-electron chi connectivity index (χ1n) is 8.05. The van der Waals surface area contributed by atoms with Crippen LogP contribution in [0.5, 0.6) is 0 Å². The second-order valence-corrected chi connectivity index (χ2v) is 7.19. The average molecular weight is 437 g/mol. The lowest BCUT2D eigenvalue weighted by molar-refractivity contribution is 0.102. The molecule has 3 rings (SSSR count). The van der Waals surface area contributed by atoms with Crippen LogP contribution in [0.3, 0.4) is 0 Å². The standard InChI is InChI=1S/C18H20IN3O2/c19-15-5-3-14(4-6-15)18(24)21-16-2-1-9-20-17(16)22-10-7-13(12-23)8-11-22/h1-6,9,13,23H,7-8,10-12H2,(H,21,24). The van der Waals surface area contributed by atoms with Crippen LogP contribution in [0.2, 0.25) is 0 Å². The van der Waals surface area contributed by atoms with E-state index in [2.05, 4.69) is 37.8 Å². The number of amides is 1. The Balaban J connectivity index is 1.74. The minimum absolute atomic E-state index is 0.133. The minimum atomic E-state index is -0.133. The maximum atomic E-state index is 12.5. The van der Waals surface area contributed by atoms with Crippen molar-refractivity contribution in [2.75, 3.05) is 29.9 Å². The molecule has 24 heavy (non-hydrogen) atoms. The lowest BCUT2D eigenvalue weighted by Crippen LogP contribution is -2.35. The molecule has 0 saturated carbocycles. The van der Waals surface area contributed by atoms with E-state index in [0.29, 0.717) is 11.5 Å². The monoisotopic (exact) mass is 437 g/mol. The Labute approximate surface area is 155 Å². The molecule has 0 spiro atoms. The number of benzene rings is 1. The normalized spacial score (nSPS) is 15.3. The van der Waals surface area contributed by atoms with Crippen LogP contribution in [-0.4, -0.2) is 35.7 Å². The Bertz CT molecular complexity index is 698. The molecule has 126 valence electrons. The Morgan fingerprint density at radius 1 is 1.25 bits per heavy atom. The highest BCUT2D eigenvalue weighted by Crippen LogP contribution is 2.28. The molecule has 1 aromatic heterocycles. The number of aliphatic hydroxyl groups excluding tert-OH is 1. The first kappa shape index (κ1) is 17.2. The molecule has 6 heteroatoms. The van der Waals surface area contributed by atoms with Gasteiger partial charge in [-0.25, -0.2) is 4.98 Å². The number of hydrogen-bond acceptors (Lipinski definition) is 4. The number of aromatic nitrogens is 1. The van der Waals surface area contributed by atoms with Crippen LogP contribution in [0.25, 0.3) is 0 Å². The van der Waals surface area contributed by atoms with E-state index in [9.17, 15) is 9.90 Å². The molecule has 5 nitrogen and oxygen atoms in total. The van der Waals surface area contributed by atoms with Crippen LogP contribution in [0, 0.1) is 9.49 Å². The van der Waals surface area contributed by atoms with Gasteiger partial charge in [-0.3, -0.25) is 4.79 Å². The maximum absolute atomic E-state index is 12.5. The molecular weight excluding hydrogens is 417 g/mol. The number of piperidine rings is 1. The first-order chi connectivity index (χ1) is 11.7. The minimum Gasteiger partial charge on any atom is -0.396 e. The summed E-state index contributed by atoms with van der Waals surface area (Å²) in [7, 11) is 0. The highest BCUT2D eigenvalue weighted by molar-refractivity contribution is 14.1. The molecule has 1 amide bonds. The second-order valence-electron chi connectivity index (χ2n) is 5.95. The van der Waals surface area contributed by atoms with Gasteiger partial charge in [0.1, 0.15) is 0 Å². The van der Waals surface area contributed by atoms with Crippen LogP contribution in [-0.2, 0) is 0 Å². The second kappa shape index (κ2) is 7.94. The smallest absolute Gasteiger partial charge is 0.255 e. The summed E-state index contributed by atoms with van der Waals surface area (Å²) >= 11 is 2.22. The van der Waals surface area contributed by atoms with E-state index in [0.717, 1.165) is 41.0 Å². The van der Waals surface area contributed by atoms with Crippen molar-refractivity contribution >= 4 is 40.0 Å². The van der Waals surface area contributed by atoms with Gasteiger partial charge < -0.3 is 15.3 Å². The van der Waals surface area contributed by atoms with Crippen molar-refractivity contribution < 1.29 is 9.90 Å². The van der Waals surface area contributed by atoms with Gasteiger partial charge in [0.05, 0.1) is 5.69 Å². The number of pyridine rings is 1. The zero-order valence-electron chi connectivity index (χ0n) is 13.3. The molecule has 0 atom stereocenters. The Kier molecular flexibility index (Phi) is 5.68. The third-order valence-electron chi connectivity index (χ3n) is 4.31. The van der Waals surface area contributed by atoms with Crippen LogP contribution < -0.4 is 10.2 Å². The van der Waals surface area contributed by atoms with Crippen molar-refractivity contribution in [1.29, 1.82) is 0 Å². The Morgan fingerprint density at radius 2 is 1.96 bits per heavy atom. The molecule has 0 radical (unpaired) electrons. The summed E-state index contributed by atoms with van der Waals surface area (Å²) in [6, 6.07) is 11.2. The van der Waals surface area contributed by atoms with E-state index < -0.39 is 0 Å². The van der Waals surface area contributed by atoms with Crippen molar-refractivity contribution in [2.24, 2.45) is 5.92 Å². The van der Waals surface area contributed by atoms with E-state index in [1.807, 2.05) is 36.4 Å². The number of nitrogens with one attached hydrogen (secondary N) is 1. The van der Waals surface area contributed by atoms with Gasteiger partial charge in [0.25, 0.3) is 5.91 Å². The average Bonchev–Trinajstić information content (AvgIpc) is 2.63. The maximum Gasteiger partial charge on any atom is 0.255 e. The van der Waals surface area contributed by atoms with Gasteiger partial charge in [0.15, 0.2) is 5.82 Å². The van der Waals surface area contributed by atoms with E-state index >= 15 is 0 Å². The van der Waals surface area contributed by atoms with Crippen molar-refractivity contribution in [3.05, 3.63) is 51.7 Å². The molecule has 0 aliphatic carbocycles. The van der Waals surface area contributed by atoms with Crippen LogP contribution in [0.15, 0.2) is 42.6 Å². The fourth-order valence-corrected chi connectivity index (χ4v) is 3.23. The SMILES string of the molecule is O=C(Nc1cccnc1N1CCC(CO)CC1)c1ccc(I)cc1.